The van der Waals surface area contributed by atoms with Crippen LogP contribution in [0, 0.1) is 0 Å². The SMILES string of the molecule is C=C(Nc1ccc(-c2ccccc2)nc1)C(=C)C1=CC(c2cncc(N3CCCC3)c2)CC=C1N. The molecule has 0 radical (unpaired) electrons. The maximum Gasteiger partial charge on any atom is 0.0703 e. The fraction of sp³-hybridized carbons (Fsp3) is 0.200. The molecular formula is C30H31N5. The Morgan fingerprint density at radius 3 is 2.54 bits per heavy atom. The zero-order valence-corrected chi connectivity index (χ0v) is 20.0. The first kappa shape index (κ1) is 22.7. The van der Waals surface area contributed by atoms with E-state index >= 15 is 0 Å². The maximum absolute atomic E-state index is 6.39. The Hall–Kier alpha value is -4.12. The van der Waals surface area contributed by atoms with Gasteiger partial charge in [-0.15, -0.1) is 0 Å². The summed E-state index contributed by atoms with van der Waals surface area (Å²) < 4.78 is 0. The van der Waals surface area contributed by atoms with E-state index in [1.54, 1.807) is 0 Å². The minimum absolute atomic E-state index is 0.198. The summed E-state index contributed by atoms with van der Waals surface area (Å²) in [5, 5.41) is 3.34. The average molecular weight is 462 g/mol. The first-order valence-corrected chi connectivity index (χ1v) is 12.1. The molecule has 0 amide bonds. The molecule has 2 aliphatic rings. The largest absolute Gasteiger partial charge is 0.398 e. The molecule has 176 valence electrons. The normalized spacial score (nSPS) is 17.5. The van der Waals surface area contributed by atoms with E-state index in [0.717, 1.165) is 53.3 Å². The van der Waals surface area contributed by atoms with Crippen LogP contribution in [0.15, 0.2) is 115 Å². The van der Waals surface area contributed by atoms with Crippen molar-refractivity contribution in [3.63, 3.8) is 0 Å². The van der Waals surface area contributed by atoms with Crippen molar-refractivity contribution in [3.05, 3.63) is 121 Å². The molecule has 1 unspecified atom stereocenters. The Bertz CT molecular complexity index is 1280. The molecule has 5 heteroatoms. The van der Waals surface area contributed by atoms with Crippen molar-refractivity contribution in [1.82, 2.24) is 9.97 Å². The van der Waals surface area contributed by atoms with Crippen molar-refractivity contribution >= 4 is 11.4 Å². The maximum atomic E-state index is 6.39. The van der Waals surface area contributed by atoms with Gasteiger partial charge in [0.2, 0.25) is 0 Å². The predicted molar refractivity (Wildman–Crippen MR) is 145 cm³/mol. The average Bonchev–Trinajstić information content (AvgIpc) is 3.45. The van der Waals surface area contributed by atoms with E-state index in [9.17, 15) is 0 Å². The van der Waals surface area contributed by atoms with Crippen LogP contribution in [0.5, 0.6) is 0 Å². The molecule has 3 aromatic rings. The van der Waals surface area contributed by atoms with E-state index in [1.165, 1.54) is 24.1 Å². The second kappa shape index (κ2) is 10.0. The number of nitrogens with two attached hydrogens (primary N) is 1. The number of pyridine rings is 2. The van der Waals surface area contributed by atoms with Gasteiger partial charge in [0.15, 0.2) is 0 Å². The summed E-state index contributed by atoms with van der Waals surface area (Å²) in [7, 11) is 0. The smallest absolute Gasteiger partial charge is 0.0703 e. The highest BCUT2D eigenvalue weighted by Crippen LogP contribution is 2.35. The van der Waals surface area contributed by atoms with Gasteiger partial charge >= 0.3 is 0 Å². The third-order valence-electron chi connectivity index (χ3n) is 6.73. The quantitative estimate of drug-likeness (QED) is 0.411. The van der Waals surface area contributed by atoms with Gasteiger partial charge in [0.25, 0.3) is 0 Å². The van der Waals surface area contributed by atoms with Crippen LogP contribution in [-0.4, -0.2) is 23.1 Å². The number of benzene rings is 1. The van der Waals surface area contributed by atoms with Crippen LogP contribution in [0.1, 0.15) is 30.7 Å². The summed E-state index contributed by atoms with van der Waals surface area (Å²) in [4.78, 5) is 11.5. The van der Waals surface area contributed by atoms with Gasteiger partial charge in [0, 0.05) is 47.7 Å². The minimum Gasteiger partial charge on any atom is -0.398 e. The fourth-order valence-electron chi connectivity index (χ4n) is 4.69. The van der Waals surface area contributed by atoms with Gasteiger partial charge in [-0.05, 0) is 48.6 Å². The van der Waals surface area contributed by atoms with Gasteiger partial charge in [-0.3, -0.25) is 9.97 Å². The lowest BCUT2D eigenvalue weighted by Crippen LogP contribution is -2.18. The van der Waals surface area contributed by atoms with Gasteiger partial charge in [-0.1, -0.05) is 55.6 Å². The van der Waals surface area contributed by atoms with Crippen molar-refractivity contribution in [2.45, 2.75) is 25.2 Å². The number of nitrogens with zero attached hydrogens (tertiary/aromatic N) is 3. The van der Waals surface area contributed by atoms with Crippen LogP contribution in [-0.2, 0) is 0 Å². The molecule has 0 saturated carbocycles. The number of aromatic nitrogens is 2. The lowest BCUT2D eigenvalue weighted by Gasteiger charge is -2.24. The lowest BCUT2D eigenvalue weighted by atomic mass is 9.86. The molecule has 0 spiro atoms. The number of nitrogens with one attached hydrogen (secondary N) is 1. The molecule has 1 aromatic carbocycles. The molecule has 5 nitrogen and oxygen atoms in total. The molecule has 3 heterocycles. The van der Waals surface area contributed by atoms with E-state index in [-0.39, 0.29) is 5.92 Å². The van der Waals surface area contributed by atoms with Gasteiger partial charge in [-0.2, -0.15) is 0 Å². The molecule has 1 fully saturated rings. The molecular weight excluding hydrogens is 430 g/mol. The molecule has 0 bridgehead atoms. The standard InChI is InChI=1S/C30H31N5/c1-21(22(2)34-26-11-13-30(33-19-26)23-8-4-3-5-9-23)28-17-24(10-12-29(28)31)25-16-27(20-32-18-25)35-14-6-7-15-35/h3-5,8-9,11-13,16-20,24,34H,1-2,6-7,10,14-15,31H2. The van der Waals surface area contributed by atoms with E-state index in [2.05, 4.69) is 51.6 Å². The Balaban J connectivity index is 1.30. The fourth-order valence-corrected chi connectivity index (χ4v) is 4.69. The number of allylic oxidation sites excluding steroid dienone is 4. The predicted octanol–water partition coefficient (Wildman–Crippen LogP) is 6.18. The Morgan fingerprint density at radius 2 is 1.80 bits per heavy atom. The lowest BCUT2D eigenvalue weighted by molar-refractivity contribution is 0.822. The minimum atomic E-state index is 0.198. The number of anilines is 2. The second-order valence-electron chi connectivity index (χ2n) is 9.13. The topological polar surface area (TPSA) is 67.1 Å². The van der Waals surface area contributed by atoms with Crippen molar-refractivity contribution in [3.8, 4) is 11.3 Å². The van der Waals surface area contributed by atoms with Crippen molar-refractivity contribution < 1.29 is 0 Å². The van der Waals surface area contributed by atoms with Gasteiger partial charge in [0.05, 0.1) is 29.5 Å². The monoisotopic (exact) mass is 461 g/mol. The van der Waals surface area contributed by atoms with Crippen LogP contribution in [0.25, 0.3) is 11.3 Å². The van der Waals surface area contributed by atoms with E-state index in [4.69, 9.17) is 5.73 Å². The van der Waals surface area contributed by atoms with Gasteiger partial charge in [-0.25, -0.2) is 0 Å². The molecule has 1 aliphatic heterocycles. The number of hydrogen-bond acceptors (Lipinski definition) is 5. The molecule has 2 aromatic heterocycles. The zero-order valence-electron chi connectivity index (χ0n) is 20.0. The third-order valence-corrected chi connectivity index (χ3v) is 6.73. The van der Waals surface area contributed by atoms with Crippen molar-refractivity contribution in [2.75, 3.05) is 23.3 Å². The molecule has 1 saturated heterocycles. The van der Waals surface area contributed by atoms with E-state index < -0.39 is 0 Å². The molecule has 5 rings (SSSR count). The number of hydrogen-bond donors (Lipinski definition) is 2. The highest BCUT2D eigenvalue weighted by atomic mass is 15.1. The first-order chi connectivity index (χ1) is 17.1. The highest BCUT2D eigenvalue weighted by Gasteiger charge is 2.21. The summed E-state index contributed by atoms with van der Waals surface area (Å²) in [5.74, 6) is 0.198. The second-order valence-corrected chi connectivity index (χ2v) is 9.13. The molecule has 3 N–H and O–H groups in total. The van der Waals surface area contributed by atoms with Gasteiger partial charge in [0.1, 0.15) is 0 Å². The summed E-state index contributed by atoms with van der Waals surface area (Å²) in [6, 6.07) is 16.4. The Morgan fingerprint density at radius 1 is 1.00 bits per heavy atom. The van der Waals surface area contributed by atoms with Crippen LogP contribution < -0.4 is 16.0 Å². The highest BCUT2D eigenvalue weighted by molar-refractivity contribution is 5.64. The van der Waals surface area contributed by atoms with Crippen molar-refractivity contribution in [2.24, 2.45) is 5.73 Å². The van der Waals surface area contributed by atoms with Crippen LogP contribution >= 0.6 is 0 Å². The van der Waals surface area contributed by atoms with Crippen LogP contribution in [0.4, 0.5) is 11.4 Å². The molecule has 35 heavy (non-hydrogen) atoms. The zero-order chi connectivity index (χ0) is 24.2. The summed E-state index contributed by atoms with van der Waals surface area (Å²) in [6.45, 7) is 10.7. The first-order valence-electron chi connectivity index (χ1n) is 12.1. The van der Waals surface area contributed by atoms with Crippen LogP contribution in [0.3, 0.4) is 0 Å². The summed E-state index contributed by atoms with van der Waals surface area (Å²) in [5.41, 5.74) is 14.8. The Kier molecular flexibility index (Phi) is 6.49. The Labute approximate surface area is 207 Å². The van der Waals surface area contributed by atoms with Crippen LogP contribution in [0.2, 0.25) is 0 Å². The van der Waals surface area contributed by atoms with Crippen molar-refractivity contribution in [1.29, 1.82) is 0 Å². The third kappa shape index (κ3) is 5.04. The number of rotatable bonds is 7. The van der Waals surface area contributed by atoms with E-state index in [0.29, 0.717) is 5.70 Å². The molecule has 1 atom stereocenters. The molecule has 1 aliphatic carbocycles. The summed E-state index contributed by atoms with van der Waals surface area (Å²) >= 11 is 0. The summed E-state index contributed by atoms with van der Waals surface area (Å²) in [6.07, 6.45) is 13.4. The van der Waals surface area contributed by atoms with E-state index in [1.807, 2.05) is 61.1 Å². The van der Waals surface area contributed by atoms with Gasteiger partial charge < -0.3 is 16.0 Å².